The van der Waals surface area contributed by atoms with Crippen LogP contribution in [0.25, 0.3) is 0 Å². The Morgan fingerprint density at radius 3 is 2.75 bits per heavy atom. The normalized spacial score (nSPS) is 21.9. The Bertz CT molecular complexity index is 279. The topological polar surface area (TPSA) is 44.4 Å². The lowest BCUT2D eigenvalue weighted by atomic mass is 9.91. The Balaban J connectivity index is 2.21. The third kappa shape index (κ3) is 6.71. The zero-order valence-electron chi connectivity index (χ0n) is 13.7. The number of likely N-dealkylation sites (tertiary alicyclic amines) is 1. The van der Waals surface area contributed by atoms with Gasteiger partial charge in [0, 0.05) is 31.6 Å². The first-order chi connectivity index (χ1) is 9.52. The minimum absolute atomic E-state index is 0.149. The molecule has 20 heavy (non-hydrogen) atoms. The Morgan fingerprint density at radius 2 is 2.10 bits per heavy atom. The summed E-state index contributed by atoms with van der Waals surface area (Å²) in [6.45, 7) is 13.0. The van der Waals surface area contributed by atoms with Gasteiger partial charge in [0.15, 0.2) is 0 Å². The highest BCUT2D eigenvalue weighted by Crippen LogP contribution is 2.19. The van der Waals surface area contributed by atoms with Gasteiger partial charge in [-0.3, -0.25) is 4.79 Å². The summed E-state index contributed by atoms with van der Waals surface area (Å²) in [5.74, 6) is 0.874. The van der Waals surface area contributed by atoms with Crippen LogP contribution in [0.2, 0.25) is 0 Å². The van der Waals surface area contributed by atoms with Crippen molar-refractivity contribution in [2.75, 3.05) is 26.2 Å². The lowest BCUT2D eigenvalue weighted by Gasteiger charge is -2.36. The van der Waals surface area contributed by atoms with Gasteiger partial charge >= 0.3 is 0 Å². The van der Waals surface area contributed by atoms with E-state index in [0.29, 0.717) is 12.5 Å². The first-order valence-electron chi connectivity index (χ1n) is 8.28. The van der Waals surface area contributed by atoms with Crippen molar-refractivity contribution in [1.82, 2.24) is 15.5 Å². The van der Waals surface area contributed by atoms with Gasteiger partial charge in [0.2, 0.25) is 5.91 Å². The van der Waals surface area contributed by atoms with Crippen LogP contribution in [0.1, 0.15) is 53.4 Å². The van der Waals surface area contributed by atoms with Crippen molar-refractivity contribution in [2.24, 2.45) is 5.92 Å². The highest BCUT2D eigenvalue weighted by Gasteiger charge is 2.23. The van der Waals surface area contributed by atoms with E-state index in [-0.39, 0.29) is 11.9 Å². The van der Waals surface area contributed by atoms with Crippen molar-refractivity contribution in [1.29, 1.82) is 0 Å². The SMILES string of the molecule is CCCN1CCCC(C(C)NCCC(=O)NC(C)C)C1. The number of piperidine rings is 1. The molecule has 0 aromatic carbocycles. The second kappa shape index (κ2) is 9.35. The number of nitrogens with zero attached hydrogens (tertiary/aromatic N) is 1. The number of nitrogens with one attached hydrogen (secondary N) is 2. The summed E-state index contributed by atoms with van der Waals surface area (Å²) in [7, 11) is 0. The van der Waals surface area contributed by atoms with Gasteiger partial charge in [-0.2, -0.15) is 0 Å². The molecule has 1 rings (SSSR count). The van der Waals surface area contributed by atoms with E-state index < -0.39 is 0 Å². The maximum Gasteiger partial charge on any atom is 0.221 e. The number of hydrogen-bond donors (Lipinski definition) is 2. The van der Waals surface area contributed by atoms with Crippen molar-refractivity contribution in [2.45, 2.75) is 65.5 Å². The van der Waals surface area contributed by atoms with Crippen LogP contribution in [0, 0.1) is 5.92 Å². The molecule has 1 aliphatic heterocycles. The van der Waals surface area contributed by atoms with Crippen molar-refractivity contribution in [3.63, 3.8) is 0 Å². The molecule has 0 bridgehead atoms. The molecular formula is C16H33N3O. The molecule has 2 unspecified atom stereocenters. The zero-order chi connectivity index (χ0) is 15.0. The average molecular weight is 283 g/mol. The van der Waals surface area contributed by atoms with Crippen LogP contribution >= 0.6 is 0 Å². The van der Waals surface area contributed by atoms with Crippen LogP contribution in [0.4, 0.5) is 0 Å². The third-order valence-electron chi connectivity index (χ3n) is 4.06. The summed E-state index contributed by atoms with van der Waals surface area (Å²) in [5, 5.41) is 6.46. The molecule has 0 spiro atoms. The molecule has 1 fully saturated rings. The van der Waals surface area contributed by atoms with E-state index in [1.54, 1.807) is 0 Å². The number of hydrogen-bond acceptors (Lipinski definition) is 3. The minimum Gasteiger partial charge on any atom is -0.354 e. The smallest absolute Gasteiger partial charge is 0.221 e. The van der Waals surface area contributed by atoms with E-state index in [1.807, 2.05) is 13.8 Å². The van der Waals surface area contributed by atoms with E-state index in [4.69, 9.17) is 0 Å². The molecule has 1 aliphatic rings. The lowest BCUT2D eigenvalue weighted by molar-refractivity contribution is -0.121. The van der Waals surface area contributed by atoms with Gasteiger partial charge in [0.05, 0.1) is 0 Å². The van der Waals surface area contributed by atoms with E-state index >= 15 is 0 Å². The third-order valence-corrected chi connectivity index (χ3v) is 4.06. The van der Waals surface area contributed by atoms with E-state index in [0.717, 1.165) is 12.5 Å². The average Bonchev–Trinajstić information content (AvgIpc) is 2.38. The van der Waals surface area contributed by atoms with Gasteiger partial charge in [-0.25, -0.2) is 0 Å². The van der Waals surface area contributed by atoms with Crippen molar-refractivity contribution in [3.8, 4) is 0 Å². The Labute approximate surface area is 124 Å². The standard InChI is InChI=1S/C16H33N3O/c1-5-10-19-11-6-7-15(12-19)14(4)17-9-8-16(20)18-13(2)3/h13-15,17H,5-12H2,1-4H3,(H,18,20). The summed E-state index contributed by atoms with van der Waals surface area (Å²) in [6.07, 6.45) is 4.44. The molecule has 0 aromatic heterocycles. The van der Waals surface area contributed by atoms with Gasteiger partial charge in [-0.15, -0.1) is 0 Å². The predicted molar refractivity (Wildman–Crippen MR) is 84.8 cm³/mol. The predicted octanol–water partition coefficient (Wildman–Crippen LogP) is 2.00. The van der Waals surface area contributed by atoms with Crippen LogP contribution in [0.15, 0.2) is 0 Å². The van der Waals surface area contributed by atoms with Crippen LogP contribution < -0.4 is 10.6 Å². The summed E-state index contributed by atoms with van der Waals surface area (Å²) >= 11 is 0. The maximum absolute atomic E-state index is 11.6. The van der Waals surface area contributed by atoms with Gasteiger partial charge in [0.1, 0.15) is 0 Å². The van der Waals surface area contributed by atoms with E-state index in [1.165, 1.54) is 38.9 Å². The lowest BCUT2D eigenvalue weighted by Crippen LogP contribution is -2.45. The fourth-order valence-electron chi connectivity index (χ4n) is 2.99. The number of carbonyl (C=O) groups is 1. The molecule has 1 heterocycles. The Morgan fingerprint density at radius 1 is 1.35 bits per heavy atom. The van der Waals surface area contributed by atoms with E-state index in [2.05, 4.69) is 29.4 Å². The fourth-order valence-corrected chi connectivity index (χ4v) is 2.99. The van der Waals surface area contributed by atoms with Crippen molar-refractivity contribution < 1.29 is 4.79 Å². The van der Waals surface area contributed by atoms with Gasteiger partial charge in [-0.1, -0.05) is 6.92 Å². The second-order valence-electron chi connectivity index (χ2n) is 6.42. The largest absolute Gasteiger partial charge is 0.354 e. The van der Waals surface area contributed by atoms with Gasteiger partial charge < -0.3 is 15.5 Å². The van der Waals surface area contributed by atoms with Crippen molar-refractivity contribution >= 4 is 5.91 Å². The van der Waals surface area contributed by atoms with Crippen LogP contribution in [-0.2, 0) is 4.79 Å². The molecule has 2 atom stereocenters. The molecule has 0 aromatic rings. The summed E-state index contributed by atoms with van der Waals surface area (Å²) in [4.78, 5) is 14.2. The highest BCUT2D eigenvalue weighted by atomic mass is 16.1. The monoisotopic (exact) mass is 283 g/mol. The molecule has 0 aliphatic carbocycles. The first-order valence-corrected chi connectivity index (χ1v) is 8.28. The molecule has 4 nitrogen and oxygen atoms in total. The molecule has 1 amide bonds. The molecule has 4 heteroatoms. The Hall–Kier alpha value is -0.610. The minimum atomic E-state index is 0.149. The summed E-state index contributed by atoms with van der Waals surface area (Å²) in [6, 6.07) is 0.738. The number of amides is 1. The molecule has 1 saturated heterocycles. The summed E-state index contributed by atoms with van der Waals surface area (Å²) in [5.41, 5.74) is 0. The molecule has 118 valence electrons. The van der Waals surface area contributed by atoms with Gasteiger partial charge in [0.25, 0.3) is 0 Å². The van der Waals surface area contributed by atoms with Crippen molar-refractivity contribution in [3.05, 3.63) is 0 Å². The van der Waals surface area contributed by atoms with E-state index in [9.17, 15) is 4.79 Å². The van der Waals surface area contributed by atoms with Crippen LogP contribution in [-0.4, -0.2) is 49.1 Å². The summed E-state index contributed by atoms with van der Waals surface area (Å²) < 4.78 is 0. The quantitative estimate of drug-likeness (QED) is 0.716. The molecular weight excluding hydrogens is 250 g/mol. The first kappa shape index (κ1) is 17.4. The second-order valence-corrected chi connectivity index (χ2v) is 6.42. The zero-order valence-corrected chi connectivity index (χ0v) is 13.7. The maximum atomic E-state index is 11.6. The number of rotatable bonds is 8. The molecule has 0 saturated carbocycles. The fraction of sp³-hybridized carbons (Fsp3) is 0.938. The molecule has 0 radical (unpaired) electrons. The molecule has 2 N–H and O–H groups in total. The number of carbonyl (C=O) groups excluding carboxylic acids is 1. The van der Waals surface area contributed by atoms with Gasteiger partial charge in [-0.05, 0) is 59.0 Å². The Kier molecular flexibility index (Phi) is 8.15. The highest BCUT2D eigenvalue weighted by molar-refractivity contribution is 5.76. The van der Waals surface area contributed by atoms with Crippen LogP contribution in [0.5, 0.6) is 0 Å². The van der Waals surface area contributed by atoms with Crippen LogP contribution in [0.3, 0.4) is 0 Å².